The fourth-order valence-electron chi connectivity index (χ4n) is 2.99. The Morgan fingerprint density at radius 3 is 2.74 bits per heavy atom. The minimum absolute atomic E-state index is 0.0504. The van der Waals surface area contributed by atoms with Crippen molar-refractivity contribution in [3.05, 3.63) is 58.9 Å². The summed E-state index contributed by atoms with van der Waals surface area (Å²) in [5.74, 6) is -0.0504. The van der Waals surface area contributed by atoms with Gasteiger partial charge >= 0.3 is 0 Å². The third kappa shape index (κ3) is 3.64. The molecule has 2 aromatic rings. The van der Waals surface area contributed by atoms with Gasteiger partial charge in [0.25, 0.3) is 5.91 Å². The highest BCUT2D eigenvalue weighted by molar-refractivity contribution is 6.29. The highest BCUT2D eigenvalue weighted by Gasteiger charge is 2.18. The third-order valence-corrected chi connectivity index (χ3v) is 4.37. The van der Waals surface area contributed by atoms with Gasteiger partial charge in [0.1, 0.15) is 5.15 Å². The number of nitrogens with zero attached hydrogens (tertiary/aromatic N) is 3. The second-order valence-corrected chi connectivity index (χ2v) is 6.24. The summed E-state index contributed by atoms with van der Waals surface area (Å²) >= 11 is 5.88. The Hall–Kier alpha value is -2.07. The van der Waals surface area contributed by atoms with Crippen LogP contribution in [-0.4, -0.2) is 35.9 Å². The summed E-state index contributed by atoms with van der Waals surface area (Å²) in [6.45, 7) is 2.76. The molecule has 1 aromatic heterocycles. The van der Waals surface area contributed by atoms with Crippen LogP contribution in [0.5, 0.6) is 0 Å². The summed E-state index contributed by atoms with van der Waals surface area (Å²) in [6, 6.07) is 11.6. The Labute approximate surface area is 141 Å². The Balaban J connectivity index is 1.77. The fraction of sp³-hybridized carbons (Fsp3) is 0.333. The van der Waals surface area contributed by atoms with E-state index in [4.69, 9.17) is 11.6 Å². The number of hydrogen-bond donors (Lipinski definition) is 0. The van der Waals surface area contributed by atoms with E-state index < -0.39 is 0 Å². The molecule has 0 radical (unpaired) electrons. The molecule has 0 N–H and O–H groups in total. The van der Waals surface area contributed by atoms with Crippen molar-refractivity contribution in [3.63, 3.8) is 0 Å². The standard InChI is InChI=1S/C18H20ClN3O/c1-21(18(23)14-8-9-20-17(19)12-14)13-15-6-2-3-7-16(15)22-10-4-5-11-22/h2-3,6-9,12H,4-5,10-11,13H2,1H3. The molecule has 1 fully saturated rings. The molecule has 1 aliphatic heterocycles. The van der Waals surface area contributed by atoms with Crippen molar-refractivity contribution in [2.75, 3.05) is 25.0 Å². The zero-order valence-corrected chi connectivity index (χ0v) is 14.0. The number of carbonyl (C=O) groups is 1. The largest absolute Gasteiger partial charge is 0.371 e. The lowest BCUT2D eigenvalue weighted by atomic mass is 10.1. The van der Waals surface area contributed by atoms with Crippen LogP contribution < -0.4 is 4.90 Å². The lowest BCUT2D eigenvalue weighted by Crippen LogP contribution is -2.28. The summed E-state index contributed by atoms with van der Waals surface area (Å²) in [6.07, 6.45) is 4.03. The lowest BCUT2D eigenvalue weighted by molar-refractivity contribution is 0.0785. The Kier molecular flexibility index (Phi) is 4.82. The lowest BCUT2D eigenvalue weighted by Gasteiger charge is -2.24. The SMILES string of the molecule is CN(Cc1ccccc1N1CCCC1)C(=O)c1ccnc(Cl)c1. The van der Waals surface area contributed by atoms with Crippen LogP contribution in [0.15, 0.2) is 42.6 Å². The van der Waals surface area contributed by atoms with E-state index in [0.717, 1.165) is 13.1 Å². The summed E-state index contributed by atoms with van der Waals surface area (Å²) in [4.78, 5) is 20.6. The number of amides is 1. The zero-order chi connectivity index (χ0) is 16.2. The maximum absolute atomic E-state index is 12.6. The molecule has 3 rings (SSSR count). The number of carbonyl (C=O) groups excluding carboxylic acids is 1. The van der Waals surface area contributed by atoms with E-state index in [1.165, 1.54) is 24.1 Å². The Morgan fingerprint density at radius 1 is 1.26 bits per heavy atom. The molecule has 1 saturated heterocycles. The van der Waals surface area contributed by atoms with E-state index in [-0.39, 0.29) is 5.91 Å². The first-order chi connectivity index (χ1) is 11.1. The molecule has 1 aliphatic rings. The maximum Gasteiger partial charge on any atom is 0.254 e. The van der Waals surface area contributed by atoms with Gasteiger partial charge in [-0.1, -0.05) is 29.8 Å². The highest BCUT2D eigenvalue weighted by Crippen LogP contribution is 2.25. The number of rotatable bonds is 4. The number of para-hydroxylation sites is 1. The fourth-order valence-corrected chi connectivity index (χ4v) is 3.17. The highest BCUT2D eigenvalue weighted by atomic mass is 35.5. The van der Waals surface area contributed by atoms with Crippen molar-refractivity contribution in [1.29, 1.82) is 0 Å². The molecule has 0 saturated carbocycles. The summed E-state index contributed by atoms with van der Waals surface area (Å²) in [5, 5.41) is 0.335. The van der Waals surface area contributed by atoms with Crippen LogP contribution >= 0.6 is 11.6 Å². The molecule has 4 nitrogen and oxygen atoms in total. The van der Waals surface area contributed by atoms with E-state index >= 15 is 0 Å². The Morgan fingerprint density at radius 2 is 2.00 bits per heavy atom. The van der Waals surface area contributed by atoms with Gasteiger partial charge in [-0.05, 0) is 36.6 Å². The van der Waals surface area contributed by atoms with Crippen molar-refractivity contribution < 1.29 is 4.79 Å². The number of benzene rings is 1. The molecule has 0 aliphatic carbocycles. The predicted octanol–water partition coefficient (Wildman–Crippen LogP) is 3.61. The van der Waals surface area contributed by atoms with E-state index in [1.807, 2.05) is 13.1 Å². The number of anilines is 1. The molecular formula is C18H20ClN3O. The van der Waals surface area contributed by atoms with Crippen LogP contribution in [0.25, 0.3) is 0 Å². The summed E-state index contributed by atoms with van der Waals surface area (Å²) in [5.41, 5.74) is 2.97. The molecule has 1 aromatic carbocycles. The summed E-state index contributed by atoms with van der Waals surface area (Å²) in [7, 11) is 1.82. The van der Waals surface area contributed by atoms with Crippen LogP contribution in [0, 0.1) is 0 Å². The van der Waals surface area contributed by atoms with E-state index in [0.29, 0.717) is 17.3 Å². The third-order valence-electron chi connectivity index (χ3n) is 4.17. The molecule has 0 atom stereocenters. The van der Waals surface area contributed by atoms with Gasteiger partial charge in [-0.15, -0.1) is 0 Å². The van der Waals surface area contributed by atoms with Gasteiger partial charge in [0, 0.05) is 44.1 Å². The molecule has 1 amide bonds. The zero-order valence-electron chi connectivity index (χ0n) is 13.2. The summed E-state index contributed by atoms with van der Waals surface area (Å²) < 4.78 is 0. The quantitative estimate of drug-likeness (QED) is 0.804. The van der Waals surface area contributed by atoms with E-state index in [2.05, 4.69) is 28.1 Å². The van der Waals surface area contributed by atoms with Gasteiger partial charge < -0.3 is 9.80 Å². The monoisotopic (exact) mass is 329 g/mol. The number of halogens is 1. The minimum atomic E-state index is -0.0504. The van der Waals surface area contributed by atoms with Gasteiger partial charge in [-0.25, -0.2) is 4.98 Å². The molecule has 5 heteroatoms. The minimum Gasteiger partial charge on any atom is -0.371 e. The average molecular weight is 330 g/mol. The van der Waals surface area contributed by atoms with Crippen molar-refractivity contribution in [2.45, 2.75) is 19.4 Å². The van der Waals surface area contributed by atoms with Crippen LogP contribution in [-0.2, 0) is 6.54 Å². The van der Waals surface area contributed by atoms with E-state index in [1.54, 1.807) is 23.2 Å². The molecular weight excluding hydrogens is 310 g/mol. The van der Waals surface area contributed by atoms with Crippen molar-refractivity contribution in [2.24, 2.45) is 0 Å². The number of pyridine rings is 1. The first-order valence-electron chi connectivity index (χ1n) is 7.85. The maximum atomic E-state index is 12.6. The first-order valence-corrected chi connectivity index (χ1v) is 8.23. The van der Waals surface area contributed by atoms with Gasteiger partial charge in [-0.3, -0.25) is 4.79 Å². The van der Waals surface area contributed by atoms with Gasteiger partial charge in [-0.2, -0.15) is 0 Å². The van der Waals surface area contributed by atoms with Crippen LogP contribution in [0.4, 0.5) is 5.69 Å². The van der Waals surface area contributed by atoms with Gasteiger partial charge in [0.2, 0.25) is 0 Å². The molecule has 23 heavy (non-hydrogen) atoms. The average Bonchev–Trinajstić information content (AvgIpc) is 3.09. The van der Waals surface area contributed by atoms with Crippen molar-refractivity contribution >= 4 is 23.2 Å². The van der Waals surface area contributed by atoms with Gasteiger partial charge in [0.05, 0.1) is 0 Å². The normalized spacial score (nSPS) is 14.1. The van der Waals surface area contributed by atoms with Crippen LogP contribution in [0.3, 0.4) is 0 Å². The van der Waals surface area contributed by atoms with Crippen molar-refractivity contribution in [3.8, 4) is 0 Å². The smallest absolute Gasteiger partial charge is 0.254 e. The van der Waals surface area contributed by atoms with E-state index in [9.17, 15) is 4.79 Å². The molecule has 120 valence electrons. The molecule has 2 heterocycles. The number of aromatic nitrogens is 1. The van der Waals surface area contributed by atoms with Crippen LogP contribution in [0.1, 0.15) is 28.8 Å². The second kappa shape index (κ2) is 7.01. The molecule has 0 spiro atoms. The van der Waals surface area contributed by atoms with Crippen LogP contribution in [0.2, 0.25) is 5.15 Å². The topological polar surface area (TPSA) is 36.4 Å². The Bertz CT molecular complexity index is 698. The van der Waals surface area contributed by atoms with Gasteiger partial charge in [0.15, 0.2) is 0 Å². The second-order valence-electron chi connectivity index (χ2n) is 5.85. The predicted molar refractivity (Wildman–Crippen MR) is 92.9 cm³/mol. The number of hydrogen-bond acceptors (Lipinski definition) is 3. The first kappa shape index (κ1) is 15.8. The molecule has 0 unspecified atom stereocenters. The molecule has 0 bridgehead atoms. The van der Waals surface area contributed by atoms with Crippen molar-refractivity contribution in [1.82, 2.24) is 9.88 Å².